The van der Waals surface area contributed by atoms with E-state index in [-0.39, 0.29) is 6.42 Å². The highest BCUT2D eigenvalue weighted by atomic mass is 16.5. The number of allylic oxidation sites excluding steroid dienone is 1. The maximum absolute atomic E-state index is 10.3. The van der Waals surface area contributed by atoms with E-state index in [4.69, 9.17) is 10.5 Å². The quantitative estimate of drug-likeness (QED) is 0.556. The molecule has 0 bridgehead atoms. The summed E-state index contributed by atoms with van der Waals surface area (Å²) in [5.41, 5.74) is 6.31. The standard InChI is InChI=1S/C8H11NO3/c1-12-8-6(9)2-5(4-10)3-7(8)11/h2,4,7,11H,3,9H2,1H3/t7-/m1/s1. The average Bonchev–Trinajstić information content (AvgIpc) is 2.03. The van der Waals surface area contributed by atoms with Crippen molar-refractivity contribution in [2.24, 2.45) is 5.73 Å². The Bertz CT molecular complexity index is 255. The predicted octanol–water partition coefficient (Wildman–Crippen LogP) is -0.307. The second-order valence-electron chi connectivity index (χ2n) is 2.58. The van der Waals surface area contributed by atoms with E-state index in [1.807, 2.05) is 0 Å². The molecule has 12 heavy (non-hydrogen) atoms. The zero-order valence-corrected chi connectivity index (χ0v) is 6.78. The van der Waals surface area contributed by atoms with Gasteiger partial charge in [0.1, 0.15) is 18.1 Å². The third-order valence-corrected chi connectivity index (χ3v) is 1.73. The van der Waals surface area contributed by atoms with Crippen molar-refractivity contribution in [1.29, 1.82) is 0 Å². The number of carbonyl (C=O) groups excluding carboxylic acids is 1. The van der Waals surface area contributed by atoms with E-state index in [1.54, 1.807) is 0 Å². The molecule has 1 aliphatic rings. The maximum Gasteiger partial charge on any atom is 0.147 e. The number of nitrogens with two attached hydrogens (primary N) is 1. The van der Waals surface area contributed by atoms with Crippen molar-refractivity contribution < 1.29 is 14.6 Å². The molecule has 4 heteroatoms. The minimum Gasteiger partial charge on any atom is -0.496 e. The number of carbonyl (C=O) groups is 1. The van der Waals surface area contributed by atoms with Gasteiger partial charge >= 0.3 is 0 Å². The maximum atomic E-state index is 10.3. The molecule has 0 spiro atoms. The monoisotopic (exact) mass is 169 g/mol. The lowest BCUT2D eigenvalue weighted by Crippen LogP contribution is -2.21. The van der Waals surface area contributed by atoms with Gasteiger partial charge in [0.25, 0.3) is 0 Å². The van der Waals surface area contributed by atoms with Crippen LogP contribution in [-0.2, 0) is 9.53 Å². The van der Waals surface area contributed by atoms with E-state index in [1.165, 1.54) is 13.2 Å². The molecule has 0 aliphatic heterocycles. The molecule has 0 aromatic heterocycles. The molecule has 0 saturated heterocycles. The summed E-state index contributed by atoms with van der Waals surface area (Å²) in [7, 11) is 1.44. The zero-order chi connectivity index (χ0) is 9.14. The second-order valence-corrected chi connectivity index (χ2v) is 2.58. The van der Waals surface area contributed by atoms with Crippen LogP contribution in [0, 0.1) is 0 Å². The first-order chi connectivity index (χ1) is 5.69. The Morgan fingerprint density at radius 1 is 1.83 bits per heavy atom. The lowest BCUT2D eigenvalue weighted by molar-refractivity contribution is -0.105. The van der Waals surface area contributed by atoms with Crippen LogP contribution in [0.1, 0.15) is 6.42 Å². The Morgan fingerprint density at radius 2 is 2.50 bits per heavy atom. The lowest BCUT2D eigenvalue weighted by Gasteiger charge is -2.19. The van der Waals surface area contributed by atoms with Gasteiger partial charge in [-0.3, -0.25) is 4.79 Å². The molecule has 0 unspecified atom stereocenters. The third kappa shape index (κ3) is 1.48. The van der Waals surface area contributed by atoms with Crippen LogP contribution < -0.4 is 5.73 Å². The van der Waals surface area contributed by atoms with Crippen molar-refractivity contribution in [1.82, 2.24) is 0 Å². The van der Waals surface area contributed by atoms with Crippen molar-refractivity contribution in [3.8, 4) is 0 Å². The van der Waals surface area contributed by atoms with E-state index < -0.39 is 6.10 Å². The smallest absolute Gasteiger partial charge is 0.147 e. The summed E-state index contributed by atoms with van der Waals surface area (Å²) in [6.07, 6.45) is 1.68. The fourth-order valence-electron chi connectivity index (χ4n) is 1.17. The van der Waals surface area contributed by atoms with Crippen LogP contribution in [0.4, 0.5) is 0 Å². The van der Waals surface area contributed by atoms with Gasteiger partial charge in [-0.05, 0) is 11.6 Å². The average molecular weight is 169 g/mol. The molecule has 0 amide bonds. The Kier molecular flexibility index (Phi) is 2.50. The molecule has 0 fully saturated rings. The number of aldehydes is 1. The van der Waals surface area contributed by atoms with E-state index in [9.17, 15) is 9.90 Å². The number of aliphatic hydroxyl groups excluding tert-OH is 1. The van der Waals surface area contributed by atoms with Gasteiger partial charge in [-0.15, -0.1) is 0 Å². The third-order valence-electron chi connectivity index (χ3n) is 1.73. The molecule has 0 saturated carbocycles. The van der Waals surface area contributed by atoms with Crippen LogP contribution in [0.2, 0.25) is 0 Å². The number of hydrogen-bond acceptors (Lipinski definition) is 4. The molecule has 0 aromatic carbocycles. The van der Waals surface area contributed by atoms with Gasteiger partial charge in [0.05, 0.1) is 12.8 Å². The first kappa shape index (κ1) is 8.80. The molecular weight excluding hydrogens is 158 g/mol. The highest BCUT2D eigenvalue weighted by Gasteiger charge is 2.20. The molecule has 3 N–H and O–H groups in total. The Hall–Kier alpha value is -1.29. The SMILES string of the molecule is COC1=C(N)C=C(C=O)C[C@H]1O. The van der Waals surface area contributed by atoms with E-state index in [0.29, 0.717) is 23.3 Å². The van der Waals surface area contributed by atoms with Gasteiger partial charge in [0.15, 0.2) is 0 Å². The van der Waals surface area contributed by atoms with Crippen molar-refractivity contribution >= 4 is 6.29 Å². The fraction of sp³-hybridized carbons (Fsp3) is 0.375. The first-order valence-electron chi connectivity index (χ1n) is 3.56. The molecule has 4 nitrogen and oxygen atoms in total. The number of ether oxygens (including phenoxy) is 1. The summed E-state index contributed by atoms with van der Waals surface area (Å²) in [6, 6.07) is 0. The topological polar surface area (TPSA) is 72.5 Å². The van der Waals surface area contributed by atoms with E-state index in [2.05, 4.69) is 0 Å². The molecule has 1 aliphatic carbocycles. The van der Waals surface area contributed by atoms with Gasteiger partial charge in [-0.1, -0.05) is 0 Å². The van der Waals surface area contributed by atoms with Crippen LogP contribution in [0.5, 0.6) is 0 Å². The Morgan fingerprint density at radius 3 is 2.92 bits per heavy atom. The van der Waals surface area contributed by atoms with Gasteiger partial charge in [-0.25, -0.2) is 0 Å². The van der Waals surface area contributed by atoms with Crippen LogP contribution in [-0.4, -0.2) is 24.6 Å². The van der Waals surface area contributed by atoms with E-state index >= 15 is 0 Å². The van der Waals surface area contributed by atoms with Crippen LogP contribution >= 0.6 is 0 Å². The van der Waals surface area contributed by atoms with Gasteiger partial charge in [-0.2, -0.15) is 0 Å². The summed E-state index contributed by atoms with van der Waals surface area (Å²) in [5.74, 6) is 0.334. The summed E-state index contributed by atoms with van der Waals surface area (Å²) < 4.78 is 4.85. The highest BCUT2D eigenvalue weighted by Crippen LogP contribution is 2.20. The Labute approximate surface area is 70.3 Å². The van der Waals surface area contributed by atoms with Gasteiger partial charge in [0, 0.05) is 6.42 Å². The Balaban J connectivity index is 2.96. The second kappa shape index (κ2) is 3.40. The van der Waals surface area contributed by atoms with Crippen LogP contribution in [0.3, 0.4) is 0 Å². The number of hydrogen-bond donors (Lipinski definition) is 2. The van der Waals surface area contributed by atoms with Crippen molar-refractivity contribution in [3.05, 3.63) is 23.1 Å². The molecular formula is C8H11NO3. The molecule has 1 atom stereocenters. The van der Waals surface area contributed by atoms with Gasteiger partial charge < -0.3 is 15.6 Å². The van der Waals surface area contributed by atoms with Crippen molar-refractivity contribution in [2.45, 2.75) is 12.5 Å². The normalized spacial score (nSPS) is 23.5. The molecule has 1 rings (SSSR count). The molecule has 0 aromatic rings. The molecule has 66 valence electrons. The molecule has 0 radical (unpaired) electrons. The lowest BCUT2D eigenvalue weighted by atomic mass is 10.0. The fourth-order valence-corrected chi connectivity index (χ4v) is 1.17. The number of aliphatic hydroxyl groups is 1. The number of methoxy groups -OCH3 is 1. The highest BCUT2D eigenvalue weighted by molar-refractivity contribution is 5.75. The summed E-state index contributed by atoms with van der Waals surface area (Å²) >= 11 is 0. The summed E-state index contributed by atoms with van der Waals surface area (Å²) in [4.78, 5) is 10.3. The van der Waals surface area contributed by atoms with Crippen molar-refractivity contribution in [2.75, 3.05) is 7.11 Å². The minimum absolute atomic E-state index is 0.271. The zero-order valence-electron chi connectivity index (χ0n) is 6.78. The minimum atomic E-state index is -0.791. The largest absolute Gasteiger partial charge is 0.496 e. The number of rotatable bonds is 2. The van der Waals surface area contributed by atoms with E-state index in [0.717, 1.165) is 0 Å². The summed E-state index contributed by atoms with van der Waals surface area (Å²) in [5, 5.41) is 9.38. The molecule has 0 heterocycles. The van der Waals surface area contributed by atoms with Crippen LogP contribution in [0.15, 0.2) is 23.1 Å². The predicted molar refractivity (Wildman–Crippen MR) is 43.0 cm³/mol. The van der Waals surface area contributed by atoms with Crippen molar-refractivity contribution in [3.63, 3.8) is 0 Å². The van der Waals surface area contributed by atoms with Crippen LogP contribution in [0.25, 0.3) is 0 Å². The summed E-state index contributed by atoms with van der Waals surface area (Å²) in [6.45, 7) is 0. The van der Waals surface area contributed by atoms with Gasteiger partial charge in [0.2, 0.25) is 0 Å². The first-order valence-corrected chi connectivity index (χ1v) is 3.56.